The van der Waals surface area contributed by atoms with Gasteiger partial charge >= 0.3 is 0 Å². The van der Waals surface area contributed by atoms with Gasteiger partial charge in [0, 0.05) is 19.3 Å². The van der Waals surface area contributed by atoms with Crippen molar-refractivity contribution in [2.45, 2.75) is 12.8 Å². The van der Waals surface area contributed by atoms with Gasteiger partial charge in [0.2, 0.25) is 0 Å². The summed E-state index contributed by atoms with van der Waals surface area (Å²) in [6, 6.07) is 11.6. The highest BCUT2D eigenvalue weighted by Gasteiger charge is 2.14. The summed E-state index contributed by atoms with van der Waals surface area (Å²) in [6.45, 7) is 0.688. The molecule has 0 spiro atoms. The number of hydrogen-bond acceptors (Lipinski definition) is 3. The third kappa shape index (κ3) is 2.60. The second kappa shape index (κ2) is 5.93. The zero-order valence-electron chi connectivity index (χ0n) is 11.6. The number of aliphatic hydroxyl groups is 1. The Morgan fingerprint density at radius 3 is 2.81 bits per heavy atom. The van der Waals surface area contributed by atoms with Gasteiger partial charge in [-0.2, -0.15) is 0 Å². The van der Waals surface area contributed by atoms with Crippen LogP contribution in [0.3, 0.4) is 0 Å². The van der Waals surface area contributed by atoms with Crippen molar-refractivity contribution in [1.82, 2.24) is 14.7 Å². The number of hydrogen-bond donors (Lipinski definition) is 2. The average Bonchev–Trinajstić information content (AvgIpc) is 3.00. The van der Waals surface area contributed by atoms with E-state index in [0.29, 0.717) is 18.7 Å². The molecular formula is C16H17N3O2. The number of carbonyl (C=O) groups excluding carboxylic acids is 1. The molecule has 0 fully saturated rings. The molecule has 0 saturated heterocycles. The number of benzene rings is 1. The second-order valence-electron chi connectivity index (χ2n) is 4.90. The normalized spacial score (nSPS) is 11.1. The summed E-state index contributed by atoms with van der Waals surface area (Å²) in [5, 5.41) is 11.6. The maximum absolute atomic E-state index is 12.3. The fraction of sp³-hybridized carbons (Fsp3) is 0.250. The number of unbranched alkanes of at least 4 members (excludes halogenated alkanes) is 1. The van der Waals surface area contributed by atoms with Gasteiger partial charge in [0.15, 0.2) is 5.69 Å². The van der Waals surface area contributed by atoms with E-state index >= 15 is 0 Å². The van der Waals surface area contributed by atoms with Crippen molar-refractivity contribution >= 4 is 22.5 Å². The minimum absolute atomic E-state index is 0.146. The highest BCUT2D eigenvalue weighted by atomic mass is 16.2. The molecule has 0 aliphatic rings. The Hall–Kier alpha value is -2.40. The largest absolute Gasteiger partial charge is 0.396 e. The average molecular weight is 283 g/mol. The van der Waals surface area contributed by atoms with Crippen LogP contribution in [-0.2, 0) is 0 Å². The summed E-state index contributed by atoms with van der Waals surface area (Å²) >= 11 is 0. The summed E-state index contributed by atoms with van der Waals surface area (Å²) in [5.41, 5.74) is 3.01. The number of fused-ring (bicyclic) bond motifs is 3. The minimum Gasteiger partial charge on any atom is -0.396 e. The van der Waals surface area contributed by atoms with Crippen molar-refractivity contribution < 1.29 is 9.90 Å². The number of rotatable bonds is 5. The van der Waals surface area contributed by atoms with Crippen molar-refractivity contribution in [3.05, 3.63) is 48.3 Å². The van der Waals surface area contributed by atoms with Crippen LogP contribution in [0.15, 0.2) is 42.6 Å². The molecule has 0 atom stereocenters. The molecule has 2 aromatic heterocycles. The molecule has 3 rings (SSSR count). The minimum atomic E-state index is -0.178. The SMILES string of the molecule is O=C(NCCCCO)c1nc2ccccc2n2cccc12. The Kier molecular flexibility index (Phi) is 3.83. The lowest BCUT2D eigenvalue weighted by molar-refractivity contribution is 0.0949. The lowest BCUT2D eigenvalue weighted by atomic mass is 10.2. The van der Waals surface area contributed by atoms with E-state index in [1.807, 2.05) is 47.0 Å². The molecule has 1 amide bonds. The van der Waals surface area contributed by atoms with Gasteiger partial charge < -0.3 is 14.8 Å². The Bertz CT molecular complexity index is 779. The van der Waals surface area contributed by atoms with Crippen molar-refractivity contribution in [3.63, 3.8) is 0 Å². The summed E-state index contributed by atoms with van der Waals surface area (Å²) in [5.74, 6) is -0.178. The van der Waals surface area contributed by atoms with Gasteiger partial charge in [0.1, 0.15) is 0 Å². The van der Waals surface area contributed by atoms with Crippen molar-refractivity contribution in [3.8, 4) is 0 Å². The smallest absolute Gasteiger partial charge is 0.272 e. The van der Waals surface area contributed by atoms with Gasteiger partial charge in [-0.05, 0) is 37.1 Å². The molecule has 0 saturated carbocycles. The lowest BCUT2D eigenvalue weighted by Crippen LogP contribution is -2.26. The maximum Gasteiger partial charge on any atom is 0.272 e. The summed E-state index contributed by atoms with van der Waals surface area (Å²) in [6.07, 6.45) is 3.38. The van der Waals surface area contributed by atoms with Crippen molar-refractivity contribution in [2.24, 2.45) is 0 Å². The first kappa shape index (κ1) is 13.6. The van der Waals surface area contributed by atoms with Crippen LogP contribution in [0.25, 0.3) is 16.6 Å². The standard InChI is InChI=1S/C16H17N3O2/c20-11-4-3-9-17-16(21)15-14-8-5-10-19(14)13-7-2-1-6-12(13)18-15/h1-2,5-8,10,20H,3-4,9,11H2,(H,17,21). The molecular weight excluding hydrogens is 266 g/mol. The summed E-state index contributed by atoms with van der Waals surface area (Å²) < 4.78 is 1.98. The molecule has 3 aromatic rings. The van der Waals surface area contributed by atoms with E-state index in [1.54, 1.807) is 0 Å². The Balaban J connectivity index is 1.96. The van der Waals surface area contributed by atoms with E-state index in [-0.39, 0.29) is 12.5 Å². The van der Waals surface area contributed by atoms with Gasteiger partial charge in [-0.3, -0.25) is 4.79 Å². The third-order valence-corrected chi connectivity index (χ3v) is 3.45. The monoisotopic (exact) mass is 283 g/mol. The molecule has 2 N–H and O–H groups in total. The van der Waals surface area contributed by atoms with E-state index in [4.69, 9.17) is 5.11 Å². The van der Waals surface area contributed by atoms with Gasteiger partial charge in [0.25, 0.3) is 5.91 Å². The number of carbonyl (C=O) groups is 1. The third-order valence-electron chi connectivity index (χ3n) is 3.45. The Labute approximate surface area is 122 Å². The molecule has 0 unspecified atom stereocenters. The molecule has 0 radical (unpaired) electrons. The van der Waals surface area contributed by atoms with Crippen molar-refractivity contribution in [2.75, 3.05) is 13.2 Å². The number of para-hydroxylation sites is 2. The van der Waals surface area contributed by atoms with E-state index in [9.17, 15) is 4.79 Å². The molecule has 0 aliphatic heterocycles. The van der Waals surface area contributed by atoms with Crippen LogP contribution in [0.5, 0.6) is 0 Å². The first-order chi connectivity index (χ1) is 10.3. The molecule has 21 heavy (non-hydrogen) atoms. The zero-order valence-corrected chi connectivity index (χ0v) is 11.6. The number of nitrogens with one attached hydrogen (secondary N) is 1. The summed E-state index contributed by atoms with van der Waals surface area (Å²) in [7, 11) is 0. The first-order valence-electron chi connectivity index (χ1n) is 7.06. The zero-order chi connectivity index (χ0) is 14.7. The number of aromatic nitrogens is 2. The van der Waals surface area contributed by atoms with Crippen LogP contribution in [0.2, 0.25) is 0 Å². The number of nitrogens with zero attached hydrogens (tertiary/aromatic N) is 2. The van der Waals surface area contributed by atoms with Crippen LogP contribution in [0.1, 0.15) is 23.3 Å². The quantitative estimate of drug-likeness (QED) is 0.704. The van der Waals surface area contributed by atoms with Gasteiger partial charge in [-0.25, -0.2) is 4.98 Å². The maximum atomic E-state index is 12.3. The van der Waals surface area contributed by atoms with Crippen LogP contribution < -0.4 is 5.32 Å². The second-order valence-corrected chi connectivity index (χ2v) is 4.90. The molecule has 5 nitrogen and oxygen atoms in total. The fourth-order valence-corrected chi connectivity index (χ4v) is 2.41. The van der Waals surface area contributed by atoms with Crippen LogP contribution in [-0.4, -0.2) is 33.6 Å². The van der Waals surface area contributed by atoms with Gasteiger partial charge in [0.05, 0.1) is 16.6 Å². The topological polar surface area (TPSA) is 66.6 Å². The fourth-order valence-electron chi connectivity index (χ4n) is 2.41. The van der Waals surface area contributed by atoms with E-state index in [1.165, 1.54) is 0 Å². The molecule has 1 aromatic carbocycles. The highest BCUT2D eigenvalue weighted by Crippen LogP contribution is 2.18. The van der Waals surface area contributed by atoms with E-state index < -0.39 is 0 Å². The van der Waals surface area contributed by atoms with Crippen LogP contribution in [0.4, 0.5) is 0 Å². The van der Waals surface area contributed by atoms with E-state index in [0.717, 1.165) is 23.0 Å². The number of aliphatic hydroxyl groups excluding tert-OH is 1. The van der Waals surface area contributed by atoms with Gasteiger partial charge in [-0.1, -0.05) is 12.1 Å². The van der Waals surface area contributed by atoms with Crippen LogP contribution >= 0.6 is 0 Å². The van der Waals surface area contributed by atoms with Crippen molar-refractivity contribution in [1.29, 1.82) is 0 Å². The van der Waals surface area contributed by atoms with E-state index in [2.05, 4.69) is 10.3 Å². The molecule has 108 valence electrons. The Morgan fingerprint density at radius 1 is 1.14 bits per heavy atom. The summed E-state index contributed by atoms with van der Waals surface area (Å²) in [4.78, 5) is 16.8. The predicted octanol–water partition coefficient (Wildman–Crippen LogP) is 1.99. The first-order valence-corrected chi connectivity index (χ1v) is 7.06. The lowest BCUT2D eigenvalue weighted by Gasteiger charge is -2.09. The van der Waals surface area contributed by atoms with Gasteiger partial charge in [-0.15, -0.1) is 0 Å². The molecule has 0 aliphatic carbocycles. The highest BCUT2D eigenvalue weighted by molar-refractivity contribution is 6.01. The molecule has 0 bridgehead atoms. The molecule has 5 heteroatoms. The Morgan fingerprint density at radius 2 is 1.95 bits per heavy atom. The predicted molar refractivity (Wildman–Crippen MR) is 81.4 cm³/mol. The number of amides is 1. The molecule has 2 heterocycles. The van der Waals surface area contributed by atoms with Crippen LogP contribution in [0, 0.1) is 0 Å².